The van der Waals surface area contributed by atoms with E-state index in [1.165, 1.54) is 0 Å². The van der Waals surface area contributed by atoms with E-state index in [2.05, 4.69) is 9.82 Å². The second-order valence-corrected chi connectivity index (χ2v) is 6.44. The number of benzene rings is 1. The molecule has 114 valence electrons. The molecule has 0 aliphatic carbocycles. The average Bonchev–Trinajstić information content (AvgIpc) is 2.67. The van der Waals surface area contributed by atoms with Crippen molar-refractivity contribution in [1.29, 1.82) is 0 Å². The van der Waals surface area contributed by atoms with Gasteiger partial charge < -0.3 is 0 Å². The van der Waals surface area contributed by atoms with E-state index in [0.29, 0.717) is 17.3 Å². The highest BCUT2D eigenvalue weighted by Gasteiger charge is 2.23. The van der Waals surface area contributed by atoms with Crippen molar-refractivity contribution in [1.82, 2.24) is 14.5 Å². The lowest BCUT2D eigenvalue weighted by Gasteiger charge is -2.14. The first-order chi connectivity index (χ1) is 9.70. The fraction of sp³-hybridized carbons (Fsp3) is 0.308. The zero-order chi connectivity index (χ0) is 15.8. The van der Waals surface area contributed by atoms with Crippen molar-refractivity contribution in [2.45, 2.75) is 24.8 Å². The summed E-state index contributed by atoms with van der Waals surface area (Å²) in [4.78, 5) is -0.586. The van der Waals surface area contributed by atoms with Crippen molar-refractivity contribution < 1.29 is 17.2 Å². The molecule has 8 heteroatoms. The van der Waals surface area contributed by atoms with Gasteiger partial charge in [0, 0.05) is 30.9 Å². The number of nitrogens with one attached hydrogen (secondary N) is 1. The van der Waals surface area contributed by atoms with Gasteiger partial charge >= 0.3 is 0 Å². The number of nitrogens with zero attached hydrogens (tertiary/aromatic N) is 2. The van der Waals surface area contributed by atoms with Gasteiger partial charge in [-0.3, -0.25) is 4.68 Å². The predicted octanol–water partition coefficient (Wildman–Crippen LogP) is 2.05. The molecule has 0 saturated heterocycles. The number of halogens is 2. The highest BCUT2D eigenvalue weighted by atomic mass is 32.2. The molecule has 1 aromatic carbocycles. The van der Waals surface area contributed by atoms with Crippen molar-refractivity contribution in [2.24, 2.45) is 7.05 Å². The predicted molar refractivity (Wildman–Crippen MR) is 73.0 cm³/mol. The third-order valence-corrected chi connectivity index (χ3v) is 4.61. The molecule has 0 spiro atoms. The molecule has 2 rings (SSSR count). The Bertz CT molecular complexity index is 772. The normalized spacial score (nSPS) is 13.4. The Labute approximate surface area is 121 Å². The number of aromatic nitrogens is 2. The van der Waals surface area contributed by atoms with E-state index in [1.807, 2.05) is 0 Å². The molecule has 0 radical (unpaired) electrons. The third kappa shape index (κ3) is 3.27. The summed E-state index contributed by atoms with van der Waals surface area (Å²) in [5.41, 5.74) is 1.36. The SMILES string of the molecule is Cc1nn(C)cc1C(C)NS(=O)(=O)c1ccc(F)cc1F. The van der Waals surface area contributed by atoms with Crippen LogP contribution in [0.25, 0.3) is 0 Å². The van der Waals surface area contributed by atoms with Crippen LogP contribution in [0.4, 0.5) is 8.78 Å². The van der Waals surface area contributed by atoms with Crippen LogP contribution in [0.3, 0.4) is 0 Å². The van der Waals surface area contributed by atoms with Crippen molar-refractivity contribution >= 4 is 10.0 Å². The van der Waals surface area contributed by atoms with Crippen LogP contribution in [-0.2, 0) is 17.1 Å². The molecule has 0 aliphatic rings. The summed E-state index contributed by atoms with van der Waals surface area (Å²) in [6.45, 7) is 3.38. The Morgan fingerprint density at radius 2 is 2.00 bits per heavy atom. The van der Waals surface area contributed by atoms with Crippen molar-refractivity contribution in [3.8, 4) is 0 Å². The minimum Gasteiger partial charge on any atom is -0.275 e. The molecule has 1 heterocycles. The monoisotopic (exact) mass is 315 g/mol. The summed E-state index contributed by atoms with van der Waals surface area (Å²) in [7, 11) is -2.37. The Morgan fingerprint density at radius 1 is 1.33 bits per heavy atom. The average molecular weight is 315 g/mol. The van der Waals surface area contributed by atoms with Crippen molar-refractivity contribution in [3.05, 3.63) is 47.3 Å². The quantitative estimate of drug-likeness (QED) is 0.939. The molecule has 1 N–H and O–H groups in total. The molecular weight excluding hydrogens is 300 g/mol. The first kappa shape index (κ1) is 15.6. The molecule has 1 atom stereocenters. The minimum atomic E-state index is -4.09. The second-order valence-electron chi connectivity index (χ2n) is 4.76. The molecule has 0 bridgehead atoms. The zero-order valence-electron chi connectivity index (χ0n) is 11.8. The van der Waals surface area contributed by atoms with Gasteiger partial charge in [0.15, 0.2) is 0 Å². The highest BCUT2D eigenvalue weighted by molar-refractivity contribution is 7.89. The highest BCUT2D eigenvalue weighted by Crippen LogP contribution is 2.21. The maximum atomic E-state index is 13.6. The topological polar surface area (TPSA) is 64.0 Å². The fourth-order valence-electron chi connectivity index (χ4n) is 2.10. The molecule has 0 amide bonds. The van der Waals surface area contributed by atoms with E-state index in [9.17, 15) is 17.2 Å². The maximum absolute atomic E-state index is 13.6. The fourth-order valence-corrected chi connectivity index (χ4v) is 3.38. The lowest BCUT2D eigenvalue weighted by atomic mass is 10.1. The Balaban J connectivity index is 2.31. The van der Waals surface area contributed by atoms with Gasteiger partial charge in [-0.15, -0.1) is 0 Å². The van der Waals surface area contributed by atoms with Crippen molar-refractivity contribution in [2.75, 3.05) is 0 Å². The van der Waals surface area contributed by atoms with Gasteiger partial charge in [-0.1, -0.05) is 0 Å². The summed E-state index contributed by atoms with van der Waals surface area (Å²) >= 11 is 0. The van der Waals surface area contributed by atoms with Gasteiger partial charge in [-0.05, 0) is 26.0 Å². The van der Waals surface area contributed by atoms with Gasteiger partial charge in [0.1, 0.15) is 16.5 Å². The first-order valence-electron chi connectivity index (χ1n) is 6.18. The van der Waals surface area contributed by atoms with Crippen LogP contribution in [0, 0.1) is 18.6 Å². The Kier molecular flexibility index (Phi) is 4.11. The number of hydrogen-bond donors (Lipinski definition) is 1. The van der Waals surface area contributed by atoms with Crippen molar-refractivity contribution in [3.63, 3.8) is 0 Å². The molecule has 0 saturated carbocycles. The molecule has 1 unspecified atom stereocenters. The van der Waals surface area contributed by atoms with Gasteiger partial charge in [0.2, 0.25) is 10.0 Å². The molecule has 0 fully saturated rings. The summed E-state index contributed by atoms with van der Waals surface area (Å²) in [6, 6.07) is 1.75. The van der Waals surface area contributed by atoms with E-state index >= 15 is 0 Å². The number of sulfonamides is 1. The third-order valence-electron chi connectivity index (χ3n) is 3.03. The molecular formula is C13H15F2N3O2S. The first-order valence-corrected chi connectivity index (χ1v) is 7.66. The van der Waals surface area contributed by atoms with E-state index in [4.69, 9.17) is 0 Å². The smallest absolute Gasteiger partial charge is 0.244 e. The molecule has 5 nitrogen and oxygen atoms in total. The van der Waals surface area contributed by atoms with E-state index < -0.39 is 32.6 Å². The van der Waals surface area contributed by atoms with Crippen LogP contribution in [0.2, 0.25) is 0 Å². The lowest BCUT2D eigenvalue weighted by Crippen LogP contribution is -2.27. The van der Waals surface area contributed by atoms with E-state index in [1.54, 1.807) is 31.8 Å². The van der Waals surface area contributed by atoms with E-state index in [-0.39, 0.29) is 0 Å². The summed E-state index contributed by atoms with van der Waals surface area (Å²) < 4.78 is 54.7. The van der Waals surface area contributed by atoms with Gasteiger partial charge in [-0.2, -0.15) is 5.10 Å². The number of aryl methyl sites for hydroxylation is 2. The minimum absolute atomic E-state index is 0.536. The van der Waals surface area contributed by atoms with Crippen LogP contribution in [0.1, 0.15) is 24.2 Å². The standard InChI is InChI=1S/C13H15F2N3O2S/c1-8-11(7-18(3)16-8)9(2)17-21(19,20)13-5-4-10(14)6-12(13)15/h4-7,9,17H,1-3H3. The van der Waals surface area contributed by atoms with E-state index in [0.717, 1.165) is 12.1 Å². The number of rotatable bonds is 4. The molecule has 0 aliphatic heterocycles. The van der Waals surface area contributed by atoms with Crippen LogP contribution in [0.5, 0.6) is 0 Å². The second kappa shape index (κ2) is 5.53. The van der Waals surface area contributed by atoms with Crippen LogP contribution < -0.4 is 4.72 Å². The zero-order valence-corrected chi connectivity index (χ0v) is 12.6. The maximum Gasteiger partial charge on any atom is 0.244 e. The molecule has 2 aromatic rings. The molecule has 21 heavy (non-hydrogen) atoms. The van der Waals surface area contributed by atoms with Crippen LogP contribution >= 0.6 is 0 Å². The summed E-state index contributed by atoms with van der Waals surface area (Å²) in [5.74, 6) is -1.96. The lowest BCUT2D eigenvalue weighted by molar-refractivity contribution is 0.536. The van der Waals surface area contributed by atoms with Crippen LogP contribution in [0.15, 0.2) is 29.3 Å². The number of hydrogen-bond acceptors (Lipinski definition) is 3. The summed E-state index contributed by atoms with van der Waals surface area (Å²) in [6.07, 6.45) is 1.68. The van der Waals surface area contributed by atoms with Gasteiger partial charge in [0.05, 0.1) is 5.69 Å². The van der Waals surface area contributed by atoms with Gasteiger partial charge in [0.25, 0.3) is 0 Å². The Morgan fingerprint density at radius 3 is 2.52 bits per heavy atom. The van der Waals surface area contributed by atoms with Crippen LogP contribution in [-0.4, -0.2) is 18.2 Å². The molecule has 1 aromatic heterocycles. The summed E-state index contributed by atoms with van der Waals surface area (Å²) in [5, 5.41) is 4.12. The Hall–Kier alpha value is -1.80. The van der Waals surface area contributed by atoms with Gasteiger partial charge in [-0.25, -0.2) is 21.9 Å². The largest absolute Gasteiger partial charge is 0.275 e.